The predicted molar refractivity (Wildman–Crippen MR) is 99.3 cm³/mol. The topological polar surface area (TPSA) is 72.1 Å². The standard InChI is InChI=1S/C20H16N4O2/c1-14-5-2-8-17-18(14)26-20(23-19(17)25)24(16-7-4-10-22-12-16)13-15-6-3-9-21-11-15/h2-12H,13H2,1H3. The van der Waals surface area contributed by atoms with Crippen LogP contribution in [0.5, 0.6) is 0 Å². The Hall–Kier alpha value is -3.54. The van der Waals surface area contributed by atoms with Gasteiger partial charge in [-0.1, -0.05) is 18.2 Å². The molecule has 6 heteroatoms. The lowest BCUT2D eigenvalue weighted by atomic mass is 10.2. The lowest BCUT2D eigenvalue weighted by Gasteiger charge is -2.21. The molecule has 3 aromatic heterocycles. The maximum absolute atomic E-state index is 12.5. The van der Waals surface area contributed by atoms with Crippen LogP contribution in [0.2, 0.25) is 0 Å². The first-order valence-corrected chi connectivity index (χ1v) is 8.19. The Morgan fingerprint density at radius 3 is 2.54 bits per heavy atom. The van der Waals surface area contributed by atoms with Gasteiger partial charge in [0.05, 0.1) is 23.8 Å². The molecule has 0 aliphatic carbocycles. The number of nitrogens with zero attached hydrogens (tertiary/aromatic N) is 4. The maximum Gasteiger partial charge on any atom is 0.306 e. The van der Waals surface area contributed by atoms with Gasteiger partial charge in [0.2, 0.25) is 0 Å². The Morgan fingerprint density at radius 1 is 1.00 bits per heavy atom. The van der Waals surface area contributed by atoms with E-state index in [0.717, 1.165) is 16.8 Å². The first kappa shape index (κ1) is 16.0. The van der Waals surface area contributed by atoms with Crippen molar-refractivity contribution in [1.82, 2.24) is 15.0 Å². The summed E-state index contributed by atoms with van der Waals surface area (Å²) >= 11 is 0. The van der Waals surface area contributed by atoms with E-state index in [0.29, 0.717) is 17.5 Å². The van der Waals surface area contributed by atoms with Crippen LogP contribution in [0.25, 0.3) is 11.0 Å². The minimum absolute atomic E-state index is 0.230. The van der Waals surface area contributed by atoms with Gasteiger partial charge in [-0.05, 0) is 42.3 Å². The summed E-state index contributed by atoms with van der Waals surface area (Å²) in [6, 6.07) is 13.2. The summed E-state index contributed by atoms with van der Waals surface area (Å²) in [5, 5.41) is 0.473. The molecule has 0 spiro atoms. The summed E-state index contributed by atoms with van der Waals surface area (Å²) in [6.07, 6.45) is 6.89. The van der Waals surface area contributed by atoms with Crippen molar-refractivity contribution in [2.24, 2.45) is 0 Å². The molecule has 0 bridgehead atoms. The molecule has 26 heavy (non-hydrogen) atoms. The van der Waals surface area contributed by atoms with Crippen LogP contribution in [0.4, 0.5) is 11.7 Å². The second-order valence-electron chi connectivity index (χ2n) is 5.91. The summed E-state index contributed by atoms with van der Waals surface area (Å²) in [7, 11) is 0. The minimum Gasteiger partial charge on any atom is -0.424 e. The lowest BCUT2D eigenvalue weighted by molar-refractivity contribution is 0.565. The molecule has 1 aromatic carbocycles. The van der Waals surface area contributed by atoms with Gasteiger partial charge in [-0.15, -0.1) is 0 Å². The number of aryl methyl sites for hydroxylation is 1. The van der Waals surface area contributed by atoms with Crippen molar-refractivity contribution >= 4 is 22.7 Å². The molecule has 0 unspecified atom stereocenters. The molecule has 0 atom stereocenters. The molecule has 4 aromatic rings. The van der Waals surface area contributed by atoms with Gasteiger partial charge in [0.15, 0.2) is 0 Å². The van der Waals surface area contributed by atoms with Crippen LogP contribution in [0.1, 0.15) is 11.1 Å². The van der Waals surface area contributed by atoms with Crippen molar-refractivity contribution in [3.8, 4) is 0 Å². The zero-order valence-electron chi connectivity index (χ0n) is 14.2. The van der Waals surface area contributed by atoms with E-state index in [9.17, 15) is 4.79 Å². The fourth-order valence-electron chi connectivity index (χ4n) is 2.79. The van der Waals surface area contributed by atoms with E-state index < -0.39 is 0 Å². The maximum atomic E-state index is 12.5. The summed E-state index contributed by atoms with van der Waals surface area (Å²) in [5.74, 6) is 0. The van der Waals surface area contributed by atoms with E-state index in [4.69, 9.17) is 4.42 Å². The second kappa shape index (κ2) is 6.76. The first-order chi connectivity index (χ1) is 12.7. The zero-order chi connectivity index (χ0) is 17.9. The van der Waals surface area contributed by atoms with E-state index in [1.807, 2.05) is 48.2 Å². The molecular formula is C20H16N4O2. The van der Waals surface area contributed by atoms with Crippen LogP contribution >= 0.6 is 0 Å². The average molecular weight is 344 g/mol. The van der Waals surface area contributed by atoms with E-state index in [1.54, 1.807) is 30.9 Å². The van der Waals surface area contributed by atoms with Gasteiger partial charge in [-0.25, -0.2) is 0 Å². The third kappa shape index (κ3) is 3.04. The Balaban J connectivity index is 1.87. The Morgan fingerprint density at radius 2 is 1.81 bits per heavy atom. The fourth-order valence-corrected chi connectivity index (χ4v) is 2.79. The highest BCUT2D eigenvalue weighted by atomic mass is 16.4. The number of aromatic nitrogens is 3. The highest BCUT2D eigenvalue weighted by molar-refractivity contribution is 5.79. The number of para-hydroxylation sites is 1. The van der Waals surface area contributed by atoms with Crippen LogP contribution in [0.15, 0.2) is 76.5 Å². The van der Waals surface area contributed by atoms with Crippen molar-refractivity contribution < 1.29 is 4.42 Å². The molecule has 0 saturated carbocycles. The molecule has 0 saturated heterocycles. The van der Waals surface area contributed by atoms with Gasteiger partial charge in [-0.3, -0.25) is 19.7 Å². The number of fused-ring (bicyclic) bond motifs is 1. The Kier molecular flexibility index (Phi) is 4.15. The van der Waals surface area contributed by atoms with Gasteiger partial charge in [0, 0.05) is 18.6 Å². The van der Waals surface area contributed by atoms with Crippen LogP contribution in [0, 0.1) is 6.92 Å². The smallest absolute Gasteiger partial charge is 0.306 e. The van der Waals surface area contributed by atoms with Crippen molar-refractivity contribution in [2.45, 2.75) is 13.5 Å². The lowest BCUT2D eigenvalue weighted by Crippen LogP contribution is -2.21. The number of rotatable bonds is 4. The molecule has 4 rings (SSSR count). The molecule has 3 heterocycles. The van der Waals surface area contributed by atoms with Gasteiger partial charge in [-0.2, -0.15) is 4.98 Å². The molecule has 0 amide bonds. The van der Waals surface area contributed by atoms with Crippen LogP contribution in [0.3, 0.4) is 0 Å². The zero-order valence-corrected chi connectivity index (χ0v) is 14.2. The molecule has 6 nitrogen and oxygen atoms in total. The number of hydrogen-bond acceptors (Lipinski definition) is 6. The van der Waals surface area contributed by atoms with Crippen molar-refractivity contribution in [3.63, 3.8) is 0 Å². The van der Waals surface area contributed by atoms with Crippen molar-refractivity contribution in [1.29, 1.82) is 0 Å². The normalized spacial score (nSPS) is 10.8. The summed E-state index contributed by atoms with van der Waals surface area (Å²) in [6.45, 7) is 2.36. The third-order valence-electron chi connectivity index (χ3n) is 4.08. The summed E-state index contributed by atoms with van der Waals surface area (Å²) in [5.41, 5.74) is 2.86. The van der Waals surface area contributed by atoms with Crippen LogP contribution < -0.4 is 10.5 Å². The molecule has 0 radical (unpaired) electrons. The SMILES string of the molecule is Cc1cccc2c(=O)nc(N(Cc3cccnc3)c3cccnc3)oc12. The largest absolute Gasteiger partial charge is 0.424 e. The number of anilines is 2. The van der Waals surface area contributed by atoms with Crippen LogP contribution in [-0.2, 0) is 6.54 Å². The Bertz CT molecular complexity index is 1100. The highest BCUT2D eigenvalue weighted by Crippen LogP contribution is 2.27. The first-order valence-electron chi connectivity index (χ1n) is 8.19. The summed E-state index contributed by atoms with van der Waals surface area (Å²) < 4.78 is 6.03. The molecule has 0 fully saturated rings. The third-order valence-corrected chi connectivity index (χ3v) is 4.08. The number of benzene rings is 1. The van der Waals surface area contributed by atoms with Gasteiger partial charge in [0.25, 0.3) is 5.56 Å². The minimum atomic E-state index is -0.315. The van der Waals surface area contributed by atoms with E-state index in [1.165, 1.54) is 0 Å². The average Bonchev–Trinajstić information content (AvgIpc) is 2.68. The van der Waals surface area contributed by atoms with Crippen molar-refractivity contribution in [3.05, 3.63) is 88.7 Å². The van der Waals surface area contributed by atoms with E-state index in [-0.39, 0.29) is 11.6 Å². The van der Waals surface area contributed by atoms with E-state index in [2.05, 4.69) is 15.0 Å². The second-order valence-corrected chi connectivity index (χ2v) is 5.91. The van der Waals surface area contributed by atoms with Crippen molar-refractivity contribution in [2.75, 3.05) is 4.90 Å². The van der Waals surface area contributed by atoms with Gasteiger partial charge >= 0.3 is 6.01 Å². The quantitative estimate of drug-likeness (QED) is 0.563. The predicted octanol–water partition coefficient (Wildman–Crippen LogP) is 3.62. The molecule has 0 aliphatic heterocycles. The molecule has 0 N–H and O–H groups in total. The van der Waals surface area contributed by atoms with Gasteiger partial charge < -0.3 is 4.42 Å². The highest BCUT2D eigenvalue weighted by Gasteiger charge is 2.17. The van der Waals surface area contributed by atoms with E-state index >= 15 is 0 Å². The Labute approximate surface area is 149 Å². The van der Waals surface area contributed by atoms with Crippen LogP contribution in [-0.4, -0.2) is 15.0 Å². The molecular weight excluding hydrogens is 328 g/mol. The number of hydrogen-bond donors (Lipinski definition) is 0. The van der Waals surface area contributed by atoms with Gasteiger partial charge in [0.1, 0.15) is 5.58 Å². The number of pyridine rings is 2. The monoisotopic (exact) mass is 344 g/mol. The molecule has 0 aliphatic rings. The fraction of sp³-hybridized carbons (Fsp3) is 0.100. The summed E-state index contributed by atoms with van der Waals surface area (Å²) in [4.78, 5) is 26.8. The molecule has 128 valence electrons.